The van der Waals surface area contributed by atoms with E-state index in [1.54, 1.807) is 12.1 Å². The Morgan fingerprint density at radius 1 is 1.53 bits per heavy atom. The summed E-state index contributed by atoms with van der Waals surface area (Å²) in [5.41, 5.74) is -0.375. The van der Waals surface area contributed by atoms with Gasteiger partial charge in [0.25, 0.3) is 0 Å². The molecule has 2 heterocycles. The van der Waals surface area contributed by atoms with Crippen LogP contribution < -0.4 is 10.6 Å². The van der Waals surface area contributed by atoms with E-state index in [4.69, 9.17) is 11.6 Å². The Bertz CT molecular complexity index is 400. The van der Waals surface area contributed by atoms with Gasteiger partial charge in [0.1, 0.15) is 0 Å². The second-order valence-corrected chi connectivity index (χ2v) is 4.92. The fraction of sp³-hybridized carbons (Fsp3) is 0.545. The minimum absolute atomic E-state index is 0.0266. The van der Waals surface area contributed by atoms with Crippen LogP contribution in [0.1, 0.15) is 19.8 Å². The van der Waals surface area contributed by atoms with Gasteiger partial charge in [-0.2, -0.15) is 0 Å². The van der Waals surface area contributed by atoms with Gasteiger partial charge in [0, 0.05) is 6.54 Å². The zero-order valence-corrected chi connectivity index (χ0v) is 10.4. The smallest absolute Gasteiger partial charge is 0.232 e. The highest BCUT2D eigenvalue weighted by molar-refractivity contribution is 6.29. The molecule has 0 aliphatic carbocycles. The first kappa shape index (κ1) is 12.3. The first-order valence-corrected chi connectivity index (χ1v) is 5.99. The van der Waals surface area contributed by atoms with Crippen LogP contribution in [0.4, 0.5) is 5.82 Å². The van der Waals surface area contributed by atoms with E-state index in [1.165, 1.54) is 0 Å². The van der Waals surface area contributed by atoms with Crippen LogP contribution in [0.15, 0.2) is 12.1 Å². The van der Waals surface area contributed by atoms with Gasteiger partial charge >= 0.3 is 0 Å². The largest absolute Gasteiger partial charge is 0.316 e. The molecule has 92 valence electrons. The van der Waals surface area contributed by atoms with Crippen LogP contribution >= 0.6 is 11.6 Å². The summed E-state index contributed by atoms with van der Waals surface area (Å²) in [6.45, 7) is 3.63. The molecule has 1 aliphatic heterocycles. The Balaban J connectivity index is 2.03. The van der Waals surface area contributed by atoms with Gasteiger partial charge in [-0.15, -0.1) is 10.2 Å². The van der Waals surface area contributed by atoms with E-state index >= 15 is 0 Å². The van der Waals surface area contributed by atoms with Crippen molar-refractivity contribution in [3.05, 3.63) is 17.3 Å². The van der Waals surface area contributed by atoms with Gasteiger partial charge in [-0.25, -0.2) is 0 Å². The SMILES string of the molecule is CC1(C(=O)Nc2ccc(Cl)nn2)CCCNC1. The molecule has 2 N–H and O–H groups in total. The minimum Gasteiger partial charge on any atom is -0.316 e. The number of piperidine rings is 1. The van der Waals surface area contributed by atoms with Crippen molar-refractivity contribution in [2.75, 3.05) is 18.4 Å². The maximum absolute atomic E-state index is 12.1. The number of nitrogens with one attached hydrogen (secondary N) is 2. The van der Waals surface area contributed by atoms with Crippen molar-refractivity contribution in [2.45, 2.75) is 19.8 Å². The Labute approximate surface area is 105 Å². The maximum Gasteiger partial charge on any atom is 0.232 e. The molecule has 0 saturated carbocycles. The molecule has 1 aliphatic rings. The first-order chi connectivity index (χ1) is 8.10. The van der Waals surface area contributed by atoms with Crippen LogP contribution in [0, 0.1) is 5.41 Å². The second kappa shape index (κ2) is 4.98. The van der Waals surface area contributed by atoms with Gasteiger partial charge in [0.15, 0.2) is 11.0 Å². The van der Waals surface area contributed by atoms with Crippen LogP contribution in [0.2, 0.25) is 5.15 Å². The molecule has 1 fully saturated rings. The first-order valence-electron chi connectivity index (χ1n) is 5.62. The summed E-state index contributed by atoms with van der Waals surface area (Å²) in [5.74, 6) is 0.410. The van der Waals surface area contributed by atoms with Crippen LogP contribution in [0.3, 0.4) is 0 Å². The normalized spacial score (nSPS) is 24.4. The third kappa shape index (κ3) is 2.92. The number of rotatable bonds is 2. The fourth-order valence-electron chi connectivity index (χ4n) is 1.90. The van der Waals surface area contributed by atoms with Crippen molar-refractivity contribution in [2.24, 2.45) is 5.41 Å². The van der Waals surface area contributed by atoms with Crippen LogP contribution in [-0.4, -0.2) is 29.2 Å². The predicted molar refractivity (Wildman–Crippen MR) is 65.9 cm³/mol. The van der Waals surface area contributed by atoms with E-state index < -0.39 is 0 Å². The Morgan fingerprint density at radius 2 is 2.35 bits per heavy atom. The van der Waals surface area contributed by atoms with Crippen molar-refractivity contribution in [1.82, 2.24) is 15.5 Å². The van der Waals surface area contributed by atoms with Crippen molar-refractivity contribution in [1.29, 1.82) is 0 Å². The molecule has 1 aromatic heterocycles. The molecule has 0 radical (unpaired) electrons. The number of hydrogen-bond donors (Lipinski definition) is 2. The minimum atomic E-state index is -0.375. The lowest BCUT2D eigenvalue weighted by atomic mass is 9.82. The monoisotopic (exact) mass is 254 g/mol. The van der Waals surface area contributed by atoms with Crippen LogP contribution in [0.25, 0.3) is 0 Å². The quantitative estimate of drug-likeness (QED) is 0.839. The molecular formula is C11H15ClN4O. The molecule has 2 rings (SSSR count). The number of carbonyl (C=O) groups is 1. The molecule has 1 aromatic rings. The lowest BCUT2D eigenvalue weighted by molar-refractivity contribution is -0.125. The Kier molecular flexibility index (Phi) is 3.59. The number of aromatic nitrogens is 2. The summed E-state index contributed by atoms with van der Waals surface area (Å²) < 4.78 is 0. The van der Waals surface area contributed by atoms with Gasteiger partial charge in [-0.3, -0.25) is 4.79 Å². The van der Waals surface area contributed by atoms with E-state index in [0.29, 0.717) is 17.5 Å². The van der Waals surface area contributed by atoms with Gasteiger partial charge in [0.05, 0.1) is 5.41 Å². The molecule has 1 atom stereocenters. The molecule has 0 bridgehead atoms. The highest BCUT2D eigenvalue weighted by Gasteiger charge is 2.34. The third-order valence-corrected chi connectivity index (χ3v) is 3.22. The highest BCUT2D eigenvalue weighted by atomic mass is 35.5. The summed E-state index contributed by atoms with van der Waals surface area (Å²) in [6.07, 6.45) is 1.89. The average molecular weight is 255 g/mol. The van der Waals surface area contributed by atoms with Crippen molar-refractivity contribution >= 4 is 23.3 Å². The van der Waals surface area contributed by atoms with E-state index in [9.17, 15) is 4.79 Å². The van der Waals surface area contributed by atoms with Gasteiger partial charge in [-0.1, -0.05) is 11.6 Å². The summed E-state index contributed by atoms with van der Waals surface area (Å²) in [7, 11) is 0. The topological polar surface area (TPSA) is 66.9 Å². The molecule has 1 unspecified atom stereocenters. The number of halogens is 1. The number of anilines is 1. The summed E-state index contributed by atoms with van der Waals surface area (Å²) in [4.78, 5) is 12.1. The standard InChI is InChI=1S/C11H15ClN4O/c1-11(5-2-6-13-7-11)10(17)14-9-4-3-8(12)15-16-9/h3-4,13H,2,5-7H2,1H3,(H,14,16,17). The van der Waals surface area contributed by atoms with E-state index in [2.05, 4.69) is 20.8 Å². The average Bonchev–Trinajstić information content (AvgIpc) is 2.33. The molecule has 17 heavy (non-hydrogen) atoms. The van der Waals surface area contributed by atoms with Crippen molar-refractivity contribution in [3.63, 3.8) is 0 Å². The third-order valence-electron chi connectivity index (χ3n) is 3.02. The Morgan fingerprint density at radius 3 is 2.94 bits per heavy atom. The zero-order chi connectivity index (χ0) is 12.3. The highest BCUT2D eigenvalue weighted by Crippen LogP contribution is 2.26. The zero-order valence-electron chi connectivity index (χ0n) is 9.66. The van der Waals surface area contributed by atoms with Gasteiger partial charge < -0.3 is 10.6 Å². The summed E-state index contributed by atoms with van der Waals surface area (Å²) >= 11 is 5.63. The predicted octanol–water partition coefficient (Wildman–Crippen LogP) is 1.46. The molecule has 0 spiro atoms. The van der Waals surface area contributed by atoms with Crippen molar-refractivity contribution in [3.8, 4) is 0 Å². The van der Waals surface area contributed by atoms with E-state index in [-0.39, 0.29) is 11.3 Å². The molecular weight excluding hydrogens is 240 g/mol. The van der Waals surface area contributed by atoms with E-state index in [0.717, 1.165) is 19.4 Å². The maximum atomic E-state index is 12.1. The summed E-state index contributed by atoms with van der Waals surface area (Å²) in [5, 5.41) is 13.8. The molecule has 0 aromatic carbocycles. The number of amides is 1. The van der Waals surface area contributed by atoms with Crippen LogP contribution in [0.5, 0.6) is 0 Å². The molecule has 6 heteroatoms. The lowest BCUT2D eigenvalue weighted by Crippen LogP contribution is -2.46. The van der Waals surface area contributed by atoms with Gasteiger partial charge in [-0.05, 0) is 38.4 Å². The Hall–Kier alpha value is -1.20. The van der Waals surface area contributed by atoms with Crippen molar-refractivity contribution < 1.29 is 4.79 Å². The molecule has 1 saturated heterocycles. The summed E-state index contributed by atoms with van der Waals surface area (Å²) in [6, 6.07) is 3.25. The number of nitrogens with zero attached hydrogens (tertiary/aromatic N) is 2. The molecule has 1 amide bonds. The second-order valence-electron chi connectivity index (χ2n) is 4.54. The van der Waals surface area contributed by atoms with Gasteiger partial charge in [0.2, 0.25) is 5.91 Å². The lowest BCUT2D eigenvalue weighted by Gasteiger charge is -2.32. The number of hydrogen-bond acceptors (Lipinski definition) is 4. The van der Waals surface area contributed by atoms with E-state index in [1.807, 2.05) is 6.92 Å². The fourth-order valence-corrected chi connectivity index (χ4v) is 2.00. The van der Waals surface area contributed by atoms with Crippen LogP contribution in [-0.2, 0) is 4.79 Å². The number of carbonyl (C=O) groups excluding carboxylic acids is 1. The molecule has 5 nitrogen and oxygen atoms in total.